The predicted octanol–water partition coefficient (Wildman–Crippen LogP) is 4.04. The number of hydrogen-bond donors (Lipinski definition) is 0. The molecule has 4 rings (SSSR count). The molecule has 0 unspecified atom stereocenters. The summed E-state index contributed by atoms with van der Waals surface area (Å²) in [5, 5.41) is 2.22. The van der Waals surface area contributed by atoms with E-state index >= 15 is 0 Å². The van der Waals surface area contributed by atoms with E-state index in [-0.39, 0.29) is 0 Å². The fraction of sp³-hybridized carbons (Fsp3) is 0.474. The van der Waals surface area contributed by atoms with Crippen molar-refractivity contribution in [3.05, 3.63) is 39.6 Å². The third kappa shape index (κ3) is 2.76. The van der Waals surface area contributed by atoms with Crippen molar-refractivity contribution in [3.8, 4) is 17.2 Å². The molecule has 0 fully saturated rings. The SMILES string of the molecule is CC[C@H]1c2ccsc2CCN1Cc1cc2c(cc1OC)OCCO2. The molecule has 5 heteroatoms. The summed E-state index contributed by atoms with van der Waals surface area (Å²) in [6.07, 6.45) is 2.26. The first kappa shape index (κ1) is 15.8. The van der Waals surface area contributed by atoms with Gasteiger partial charge in [0, 0.05) is 35.6 Å². The highest BCUT2D eigenvalue weighted by Gasteiger charge is 2.28. The van der Waals surface area contributed by atoms with Gasteiger partial charge in [-0.15, -0.1) is 11.3 Å². The average molecular weight is 345 g/mol. The predicted molar refractivity (Wildman–Crippen MR) is 95.4 cm³/mol. The van der Waals surface area contributed by atoms with Crippen molar-refractivity contribution in [2.75, 3.05) is 26.9 Å². The Morgan fingerprint density at radius 3 is 2.79 bits per heavy atom. The van der Waals surface area contributed by atoms with E-state index in [4.69, 9.17) is 14.2 Å². The lowest BCUT2D eigenvalue weighted by Crippen LogP contribution is -2.34. The van der Waals surface area contributed by atoms with Crippen molar-refractivity contribution in [2.45, 2.75) is 32.4 Å². The van der Waals surface area contributed by atoms with E-state index in [1.807, 2.05) is 17.4 Å². The molecule has 2 aliphatic heterocycles. The molecule has 0 saturated carbocycles. The van der Waals surface area contributed by atoms with Crippen LogP contribution in [0.5, 0.6) is 17.2 Å². The van der Waals surface area contributed by atoms with Crippen molar-refractivity contribution < 1.29 is 14.2 Å². The number of benzene rings is 1. The minimum Gasteiger partial charge on any atom is -0.496 e. The van der Waals surface area contributed by atoms with Crippen molar-refractivity contribution in [3.63, 3.8) is 0 Å². The molecule has 128 valence electrons. The summed E-state index contributed by atoms with van der Waals surface area (Å²) in [5.41, 5.74) is 2.67. The van der Waals surface area contributed by atoms with E-state index in [1.54, 1.807) is 12.0 Å². The van der Waals surface area contributed by atoms with Crippen LogP contribution in [0.1, 0.15) is 35.4 Å². The fourth-order valence-corrected chi connectivity index (χ4v) is 4.69. The Morgan fingerprint density at radius 2 is 2.04 bits per heavy atom. The van der Waals surface area contributed by atoms with E-state index in [1.165, 1.54) is 11.1 Å². The zero-order chi connectivity index (χ0) is 16.5. The van der Waals surface area contributed by atoms with Gasteiger partial charge in [-0.3, -0.25) is 4.90 Å². The van der Waals surface area contributed by atoms with Crippen molar-refractivity contribution in [1.29, 1.82) is 0 Å². The second kappa shape index (κ2) is 6.65. The van der Waals surface area contributed by atoms with Crippen LogP contribution in [-0.2, 0) is 13.0 Å². The summed E-state index contributed by atoms with van der Waals surface area (Å²) >= 11 is 1.89. The van der Waals surface area contributed by atoms with Crippen LogP contribution in [0.3, 0.4) is 0 Å². The molecule has 0 radical (unpaired) electrons. The van der Waals surface area contributed by atoms with Gasteiger partial charge < -0.3 is 14.2 Å². The minimum atomic E-state index is 0.484. The van der Waals surface area contributed by atoms with Crippen molar-refractivity contribution in [1.82, 2.24) is 4.90 Å². The molecule has 3 heterocycles. The number of nitrogens with zero attached hydrogens (tertiary/aromatic N) is 1. The lowest BCUT2D eigenvalue weighted by molar-refractivity contribution is 0.163. The monoisotopic (exact) mass is 345 g/mol. The highest BCUT2D eigenvalue weighted by molar-refractivity contribution is 7.10. The largest absolute Gasteiger partial charge is 0.496 e. The van der Waals surface area contributed by atoms with E-state index in [0.717, 1.165) is 43.2 Å². The molecule has 0 amide bonds. The van der Waals surface area contributed by atoms with Gasteiger partial charge in [-0.2, -0.15) is 0 Å². The van der Waals surface area contributed by atoms with Crippen LogP contribution in [0.25, 0.3) is 0 Å². The molecule has 0 N–H and O–H groups in total. The molecule has 0 saturated heterocycles. The maximum atomic E-state index is 5.75. The molecular formula is C19H23NO3S. The van der Waals surface area contributed by atoms with Gasteiger partial charge in [0.1, 0.15) is 19.0 Å². The average Bonchev–Trinajstić information content (AvgIpc) is 3.09. The second-order valence-electron chi connectivity index (χ2n) is 6.25. The molecule has 24 heavy (non-hydrogen) atoms. The third-order valence-electron chi connectivity index (χ3n) is 4.91. The van der Waals surface area contributed by atoms with Gasteiger partial charge in [-0.05, 0) is 35.9 Å². The summed E-state index contributed by atoms with van der Waals surface area (Å²) in [6.45, 7) is 5.43. The van der Waals surface area contributed by atoms with Crippen LogP contribution < -0.4 is 14.2 Å². The molecule has 0 spiro atoms. The van der Waals surface area contributed by atoms with Gasteiger partial charge in [0.2, 0.25) is 0 Å². The van der Waals surface area contributed by atoms with Crippen LogP contribution in [0.4, 0.5) is 0 Å². The summed E-state index contributed by atoms with van der Waals surface area (Å²) < 4.78 is 17.0. The van der Waals surface area contributed by atoms with Crippen molar-refractivity contribution >= 4 is 11.3 Å². The van der Waals surface area contributed by atoms with E-state index in [0.29, 0.717) is 19.3 Å². The molecule has 1 aromatic heterocycles. The standard InChI is InChI=1S/C19H23NO3S/c1-3-15-14-5-9-24-19(14)4-6-20(15)12-13-10-17-18(11-16(13)21-2)23-8-7-22-17/h5,9-11,15H,3-4,6-8,12H2,1-2H3/t15-/m0/s1. The number of fused-ring (bicyclic) bond motifs is 2. The quantitative estimate of drug-likeness (QED) is 0.837. The number of methoxy groups -OCH3 is 1. The van der Waals surface area contributed by atoms with E-state index in [9.17, 15) is 0 Å². The zero-order valence-electron chi connectivity index (χ0n) is 14.2. The lowest BCUT2D eigenvalue weighted by Gasteiger charge is -2.36. The topological polar surface area (TPSA) is 30.9 Å². The van der Waals surface area contributed by atoms with Crippen molar-refractivity contribution in [2.24, 2.45) is 0 Å². The Balaban J connectivity index is 1.63. The molecule has 2 aliphatic rings. The second-order valence-corrected chi connectivity index (χ2v) is 7.25. The molecule has 0 aliphatic carbocycles. The number of hydrogen-bond acceptors (Lipinski definition) is 5. The molecule has 1 aromatic carbocycles. The summed E-state index contributed by atoms with van der Waals surface area (Å²) in [5.74, 6) is 2.50. The van der Waals surface area contributed by atoms with Gasteiger partial charge in [-0.25, -0.2) is 0 Å². The highest BCUT2D eigenvalue weighted by atomic mass is 32.1. The number of rotatable bonds is 4. The van der Waals surface area contributed by atoms with Gasteiger partial charge in [0.15, 0.2) is 11.5 Å². The first-order valence-corrected chi connectivity index (χ1v) is 9.45. The van der Waals surface area contributed by atoms with Gasteiger partial charge in [0.25, 0.3) is 0 Å². The van der Waals surface area contributed by atoms with Gasteiger partial charge >= 0.3 is 0 Å². The first-order valence-electron chi connectivity index (χ1n) is 8.57. The van der Waals surface area contributed by atoms with Crippen LogP contribution in [0, 0.1) is 0 Å². The van der Waals surface area contributed by atoms with Gasteiger partial charge in [0.05, 0.1) is 7.11 Å². The first-order chi connectivity index (χ1) is 11.8. The fourth-order valence-electron chi connectivity index (χ4n) is 3.76. The Kier molecular flexibility index (Phi) is 4.37. The Bertz CT molecular complexity index is 727. The maximum absolute atomic E-state index is 5.75. The van der Waals surface area contributed by atoms with Crippen LogP contribution in [0.15, 0.2) is 23.6 Å². The highest BCUT2D eigenvalue weighted by Crippen LogP contribution is 2.40. The molecule has 2 aromatic rings. The lowest BCUT2D eigenvalue weighted by atomic mass is 9.97. The Labute approximate surface area is 147 Å². The molecular weight excluding hydrogens is 322 g/mol. The summed E-state index contributed by atoms with van der Waals surface area (Å²) in [4.78, 5) is 4.11. The van der Waals surface area contributed by atoms with E-state index in [2.05, 4.69) is 29.3 Å². The number of ether oxygens (including phenoxy) is 3. The Hall–Kier alpha value is -1.72. The van der Waals surface area contributed by atoms with Crippen LogP contribution in [-0.4, -0.2) is 31.8 Å². The Morgan fingerprint density at radius 1 is 1.25 bits per heavy atom. The smallest absolute Gasteiger partial charge is 0.165 e. The van der Waals surface area contributed by atoms with Gasteiger partial charge in [-0.1, -0.05) is 6.92 Å². The maximum Gasteiger partial charge on any atom is 0.165 e. The van der Waals surface area contributed by atoms with Crippen LogP contribution >= 0.6 is 11.3 Å². The molecule has 0 bridgehead atoms. The molecule has 1 atom stereocenters. The summed E-state index contributed by atoms with van der Waals surface area (Å²) in [7, 11) is 1.72. The minimum absolute atomic E-state index is 0.484. The third-order valence-corrected chi connectivity index (χ3v) is 5.91. The van der Waals surface area contributed by atoms with E-state index < -0.39 is 0 Å². The van der Waals surface area contributed by atoms with Crippen LogP contribution in [0.2, 0.25) is 0 Å². The molecule has 4 nitrogen and oxygen atoms in total. The zero-order valence-corrected chi connectivity index (χ0v) is 15.0. The normalized spacial score (nSPS) is 19.8. The number of thiophene rings is 1. The summed E-state index contributed by atoms with van der Waals surface area (Å²) in [6, 6.07) is 6.83.